The van der Waals surface area contributed by atoms with Crippen LogP contribution in [0, 0.1) is 0 Å². The Balaban J connectivity index is 1.30. The quantitative estimate of drug-likeness (QED) is 0.251. The fourth-order valence-corrected chi connectivity index (χ4v) is 5.80. The van der Waals surface area contributed by atoms with Crippen LogP contribution in [0.4, 0.5) is 28.6 Å². The van der Waals surface area contributed by atoms with Crippen molar-refractivity contribution in [2.45, 2.75) is 25.3 Å². The van der Waals surface area contributed by atoms with Crippen LogP contribution in [-0.2, 0) is 11.2 Å². The molecule has 5 heterocycles. The molecule has 1 saturated heterocycles. The normalized spacial score (nSPS) is 16.7. The lowest BCUT2D eigenvalue weighted by Gasteiger charge is -2.22. The highest BCUT2D eigenvalue weighted by Crippen LogP contribution is 2.40. The van der Waals surface area contributed by atoms with Gasteiger partial charge in [0.2, 0.25) is 5.91 Å². The van der Waals surface area contributed by atoms with E-state index in [2.05, 4.69) is 25.9 Å². The van der Waals surface area contributed by atoms with Crippen molar-refractivity contribution >= 4 is 62.6 Å². The lowest BCUT2D eigenvalue weighted by atomic mass is 10.1. The van der Waals surface area contributed by atoms with E-state index in [9.17, 15) is 9.59 Å². The van der Waals surface area contributed by atoms with E-state index in [0.717, 1.165) is 65.2 Å². The largest absolute Gasteiger partial charge is 0.495 e. The summed E-state index contributed by atoms with van der Waals surface area (Å²) in [4.78, 5) is 34.9. The second kappa shape index (κ2) is 9.41. The molecule has 6 N–H and O–H groups in total. The Hall–Kier alpha value is -4.09. The number of amides is 2. The number of carbonyl (C=O) groups is 2. The Morgan fingerprint density at radius 3 is 2.86 bits per heavy atom. The monoisotopic (exact) mass is 517 g/mol. The lowest BCUT2D eigenvalue weighted by Crippen LogP contribution is -2.42. The van der Waals surface area contributed by atoms with Gasteiger partial charge in [0.25, 0.3) is 5.91 Å². The average molecular weight is 518 g/mol. The van der Waals surface area contributed by atoms with E-state index < -0.39 is 5.91 Å². The number of H-pyrrole nitrogens is 1. The third kappa shape index (κ3) is 4.25. The highest BCUT2D eigenvalue weighted by Gasteiger charge is 2.32. The van der Waals surface area contributed by atoms with Gasteiger partial charge in [-0.05, 0) is 61.0 Å². The number of nitrogens with two attached hydrogens (primary N) is 1. The lowest BCUT2D eigenvalue weighted by molar-refractivity contribution is -0.120. The molecule has 1 fully saturated rings. The summed E-state index contributed by atoms with van der Waals surface area (Å²) < 4.78 is 5.68. The number of hydrogen-bond acceptors (Lipinski definition) is 8. The molecular weight excluding hydrogens is 490 g/mol. The Morgan fingerprint density at radius 2 is 2.08 bits per heavy atom. The average Bonchev–Trinajstić information content (AvgIpc) is 3.69. The Kier molecular flexibility index (Phi) is 5.93. The first-order valence-electron chi connectivity index (χ1n) is 12.2. The SMILES string of the molecule is COc1cc2c(cc1Nc1cc3c(Nc4ccsc4C(N)=O)cncc3[nH]1)N(C(=O)[C@@H]1CCCN1)CC2. The number of thiophene rings is 1. The maximum Gasteiger partial charge on any atom is 0.260 e. The van der Waals surface area contributed by atoms with Crippen LogP contribution in [0.1, 0.15) is 28.1 Å². The zero-order valence-corrected chi connectivity index (χ0v) is 21.1. The minimum absolute atomic E-state index is 0.116. The van der Waals surface area contributed by atoms with Crippen LogP contribution in [-0.4, -0.2) is 48.0 Å². The number of nitrogens with one attached hydrogen (secondary N) is 4. The summed E-state index contributed by atoms with van der Waals surface area (Å²) in [5.41, 5.74) is 10.5. The van der Waals surface area contributed by atoms with E-state index >= 15 is 0 Å². The number of ether oxygens (including phenoxy) is 1. The zero-order chi connectivity index (χ0) is 25.5. The van der Waals surface area contributed by atoms with Crippen molar-refractivity contribution < 1.29 is 14.3 Å². The standard InChI is InChI=1S/C26H27N7O3S/c1-36-22-9-14-4-7-33(26(35)17-3-2-6-29-17)21(14)11-18(22)31-23-10-15-19(12-28-13-20(15)32-23)30-16-5-8-37-24(16)25(27)34/h5,8-13,17,29-32H,2-4,6-7H2,1H3,(H2,27,34)/t17-/m0/s1. The number of pyridine rings is 1. The second-order valence-corrected chi connectivity index (χ2v) is 10.1. The fraction of sp³-hybridized carbons (Fsp3) is 0.269. The van der Waals surface area contributed by atoms with E-state index in [0.29, 0.717) is 22.9 Å². The summed E-state index contributed by atoms with van der Waals surface area (Å²) in [5, 5.41) is 12.7. The molecule has 0 spiro atoms. The zero-order valence-electron chi connectivity index (χ0n) is 20.3. The molecule has 3 aromatic heterocycles. The molecule has 0 unspecified atom stereocenters. The Morgan fingerprint density at radius 1 is 1.19 bits per heavy atom. The first-order valence-corrected chi connectivity index (χ1v) is 13.0. The molecule has 6 rings (SSSR count). The topological polar surface area (TPSA) is 137 Å². The molecule has 11 heteroatoms. The summed E-state index contributed by atoms with van der Waals surface area (Å²) in [6.45, 7) is 1.55. The van der Waals surface area contributed by atoms with Gasteiger partial charge in [0.15, 0.2) is 0 Å². The first kappa shape index (κ1) is 23.3. The number of aromatic nitrogens is 2. The highest BCUT2D eigenvalue weighted by molar-refractivity contribution is 7.12. The molecule has 0 radical (unpaired) electrons. The van der Waals surface area contributed by atoms with Gasteiger partial charge < -0.3 is 36.3 Å². The van der Waals surface area contributed by atoms with Crippen molar-refractivity contribution in [1.82, 2.24) is 15.3 Å². The first-order chi connectivity index (χ1) is 18.0. The van der Waals surface area contributed by atoms with Crippen molar-refractivity contribution in [3.63, 3.8) is 0 Å². The van der Waals surface area contributed by atoms with Crippen LogP contribution in [0.15, 0.2) is 42.0 Å². The summed E-state index contributed by atoms with van der Waals surface area (Å²) in [5.74, 6) is 1.09. The number of benzene rings is 1. The third-order valence-electron chi connectivity index (χ3n) is 6.89. The van der Waals surface area contributed by atoms with Crippen molar-refractivity contribution in [2.24, 2.45) is 5.73 Å². The summed E-state index contributed by atoms with van der Waals surface area (Å²) in [6.07, 6.45) is 6.14. The minimum Gasteiger partial charge on any atom is -0.495 e. The molecule has 10 nitrogen and oxygen atoms in total. The number of carbonyl (C=O) groups excluding carboxylic acids is 2. The molecule has 2 aliphatic heterocycles. The van der Waals surface area contributed by atoms with Crippen molar-refractivity contribution in [3.05, 3.63) is 52.5 Å². The summed E-state index contributed by atoms with van der Waals surface area (Å²) in [6, 6.07) is 7.66. The van der Waals surface area contributed by atoms with Gasteiger partial charge in [-0.15, -0.1) is 11.3 Å². The smallest absolute Gasteiger partial charge is 0.260 e. The number of aromatic amines is 1. The van der Waals surface area contributed by atoms with Crippen molar-refractivity contribution in [3.8, 4) is 5.75 Å². The molecule has 190 valence electrons. The number of hydrogen-bond donors (Lipinski definition) is 5. The molecule has 2 amide bonds. The van der Waals surface area contributed by atoms with Crippen LogP contribution in [0.2, 0.25) is 0 Å². The van der Waals surface area contributed by atoms with Gasteiger partial charge in [0, 0.05) is 17.6 Å². The molecule has 0 bridgehead atoms. The number of nitrogens with zero attached hydrogens (tertiary/aromatic N) is 2. The number of methoxy groups -OCH3 is 1. The van der Waals surface area contributed by atoms with E-state index in [1.54, 1.807) is 19.5 Å². The van der Waals surface area contributed by atoms with E-state index in [1.165, 1.54) is 11.3 Å². The molecule has 37 heavy (non-hydrogen) atoms. The predicted molar refractivity (Wildman–Crippen MR) is 146 cm³/mol. The molecule has 1 atom stereocenters. The van der Waals surface area contributed by atoms with E-state index in [-0.39, 0.29) is 11.9 Å². The fourth-order valence-electron chi connectivity index (χ4n) is 5.10. The van der Waals surface area contributed by atoms with Gasteiger partial charge in [-0.3, -0.25) is 14.6 Å². The van der Waals surface area contributed by atoms with Gasteiger partial charge >= 0.3 is 0 Å². The number of fused-ring (bicyclic) bond motifs is 2. The second-order valence-electron chi connectivity index (χ2n) is 9.18. The summed E-state index contributed by atoms with van der Waals surface area (Å²) >= 11 is 1.29. The third-order valence-corrected chi connectivity index (χ3v) is 7.82. The molecular formula is C26H27N7O3S. The highest BCUT2D eigenvalue weighted by atomic mass is 32.1. The minimum atomic E-state index is -0.478. The number of anilines is 5. The van der Waals surface area contributed by atoms with Gasteiger partial charge in [0.05, 0.1) is 48.1 Å². The van der Waals surface area contributed by atoms with E-state index in [1.807, 2.05) is 34.5 Å². The van der Waals surface area contributed by atoms with Gasteiger partial charge in [0.1, 0.15) is 16.4 Å². The van der Waals surface area contributed by atoms with Gasteiger partial charge in [-0.25, -0.2) is 0 Å². The maximum atomic E-state index is 13.1. The van der Waals surface area contributed by atoms with Crippen molar-refractivity contribution in [2.75, 3.05) is 35.7 Å². The molecule has 1 aromatic carbocycles. The molecule has 0 saturated carbocycles. The molecule has 2 aliphatic rings. The van der Waals surface area contributed by atoms with Crippen molar-refractivity contribution in [1.29, 1.82) is 0 Å². The van der Waals surface area contributed by atoms with Crippen LogP contribution in [0.3, 0.4) is 0 Å². The molecule has 0 aliphatic carbocycles. The van der Waals surface area contributed by atoms with Crippen LogP contribution >= 0.6 is 11.3 Å². The van der Waals surface area contributed by atoms with Crippen LogP contribution < -0.4 is 31.3 Å². The van der Waals surface area contributed by atoms with Crippen LogP contribution in [0.25, 0.3) is 10.9 Å². The molecule has 4 aromatic rings. The number of rotatable bonds is 7. The van der Waals surface area contributed by atoms with Crippen LogP contribution in [0.5, 0.6) is 5.75 Å². The maximum absolute atomic E-state index is 13.1. The Bertz CT molecular complexity index is 1510. The number of primary amides is 1. The predicted octanol–water partition coefficient (Wildman–Crippen LogP) is 3.86. The Labute approximate surface area is 217 Å². The van der Waals surface area contributed by atoms with Gasteiger partial charge in [-0.1, -0.05) is 0 Å². The van der Waals surface area contributed by atoms with Gasteiger partial charge in [-0.2, -0.15) is 0 Å². The van der Waals surface area contributed by atoms with E-state index in [4.69, 9.17) is 10.5 Å². The summed E-state index contributed by atoms with van der Waals surface area (Å²) in [7, 11) is 1.64.